The van der Waals surface area contributed by atoms with Gasteiger partial charge in [0, 0.05) is 40.8 Å². The fourth-order valence-electron chi connectivity index (χ4n) is 3.88. The average molecular weight is 532 g/mol. The zero-order valence-corrected chi connectivity index (χ0v) is 20.0. The van der Waals surface area contributed by atoms with Gasteiger partial charge >= 0.3 is 6.03 Å². The number of urea groups is 1. The Morgan fingerprint density at radius 1 is 1.06 bits per heavy atom. The Kier molecular flexibility index (Phi) is 6.65. The molecule has 3 aromatic carbocycles. The van der Waals surface area contributed by atoms with Gasteiger partial charge in [0.1, 0.15) is 17.5 Å². The monoisotopic (exact) mass is 531 g/mol. The molecule has 9 heteroatoms. The third-order valence-corrected chi connectivity index (χ3v) is 6.72. The van der Waals surface area contributed by atoms with Crippen LogP contribution < -0.4 is 10.2 Å². The quantitative estimate of drug-likeness (QED) is 0.443. The molecule has 0 saturated heterocycles. The van der Waals surface area contributed by atoms with Crippen molar-refractivity contribution in [2.45, 2.75) is 26.1 Å². The highest BCUT2D eigenvalue weighted by Gasteiger charge is 2.34. The molecular formula is C25H21BrF3N3O2. The van der Waals surface area contributed by atoms with Crippen LogP contribution >= 0.6 is 15.9 Å². The van der Waals surface area contributed by atoms with E-state index in [1.807, 2.05) is 6.92 Å². The highest BCUT2D eigenvalue weighted by atomic mass is 79.9. The van der Waals surface area contributed by atoms with E-state index in [9.17, 15) is 22.8 Å². The predicted octanol–water partition coefficient (Wildman–Crippen LogP) is 5.93. The number of nitrogens with one attached hydrogen (secondary N) is 1. The summed E-state index contributed by atoms with van der Waals surface area (Å²) in [7, 11) is 1.66. The molecule has 1 heterocycles. The topological polar surface area (TPSA) is 52.7 Å². The van der Waals surface area contributed by atoms with E-state index in [1.165, 1.54) is 17.0 Å². The maximum absolute atomic E-state index is 14.5. The second kappa shape index (κ2) is 9.50. The number of anilines is 1. The molecule has 0 fully saturated rings. The summed E-state index contributed by atoms with van der Waals surface area (Å²) in [6, 6.07) is 12.1. The average Bonchev–Trinajstić information content (AvgIpc) is 2.81. The molecule has 3 aromatic rings. The molecule has 0 bridgehead atoms. The maximum atomic E-state index is 14.5. The number of hydrogen-bond acceptors (Lipinski definition) is 2. The van der Waals surface area contributed by atoms with E-state index in [1.54, 1.807) is 42.3 Å². The Labute approximate surface area is 203 Å². The number of carbonyl (C=O) groups is 2. The Hall–Kier alpha value is -3.33. The van der Waals surface area contributed by atoms with Crippen molar-refractivity contribution < 1.29 is 22.8 Å². The van der Waals surface area contributed by atoms with E-state index < -0.39 is 23.4 Å². The summed E-state index contributed by atoms with van der Waals surface area (Å²) >= 11 is 3.34. The minimum Gasteiger partial charge on any atom is -0.348 e. The van der Waals surface area contributed by atoms with Crippen LogP contribution in [0, 0.1) is 17.5 Å². The highest BCUT2D eigenvalue weighted by Crippen LogP contribution is 2.38. The molecule has 1 unspecified atom stereocenters. The second-order valence-corrected chi connectivity index (χ2v) is 8.90. The zero-order chi connectivity index (χ0) is 24.6. The number of halogens is 4. The maximum Gasteiger partial charge on any atom is 0.325 e. The van der Waals surface area contributed by atoms with Crippen LogP contribution in [0.25, 0.3) is 0 Å². The van der Waals surface area contributed by atoms with Gasteiger partial charge in [-0.25, -0.2) is 18.0 Å². The third-order valence-electron chi connectivity index (χ3n) is 5.98. The van der Waals surface area contributed by atoms with Gasteiger partial charge in [0.05, 0.1) is 18.3 Å². The van der Waals surface area contributed by atoms with Crippen molar-refractivity contribution in [2.75, 3.05) is 11.9 Å². The molecule has 1 aliphatic rings. The van der Waals surface area contributed by atoms with Gasteiger partial charge in [0.15, 0.2) is 0 Å². The van der Waals surface area contributed by atoms with Crippen molar-refractivity contribution in [3.63, 3.8) is 0 Å². The molecule has 0 aliphatic carbocycles. The van der Waals surface area contributed by atoms with Crippen molar-refractivity contribution >= 4 is 33.6 Å². The minimum absolute atomic E-state index is 0.0397. The second-order valence-electron chi connectivity index (χ2n) is 8.05. The van der Waals surface area contributed by atoms with Gasteiger partial charge in [0.25, 0.3) is 5.91 Å². The summed E-state index contributed by atoms with van der Waals surface area (Å²) in [6.45, 7) is 1.69. The Bertz CT molecular complexity index is 1260. The Morgan fingerprint density at radius 3 is 2.53 bits per heavy atom. The van der Waals surface area contributed by atoms with Gasteiger partial charge in [-0.2, -0.15) is 0 Å². The first kappa shape index (κ1) is 23.8. The standard InChI is InChI=1S/C25H21BrF3N3O2/c1-14-18-9-7-15(24(33)30-12-16-6-8-17(27)11-22(16)29)10-23(18)32(25(34)31(14)2)13-19-20(26)4-3-5-21(19)28/h3-11,14H,12-13H2,1-2H3,(H,30,33). The van der Waals surface area contributed by atoms with Crippen molar-refractivity contribution in [2.24, 2.45) is 0 Å². The molecule has 176 valence electrons. The lowest BCUT2D eigenvalue weighted by Gasteiger charge is -2.40. The molecule has 0 saturated carbocycles. The normalized spacial score (nSPS) is 15.4. The molecule has 1 atom stereocenters. The molecule has 3 amide bonds. The number of amides is 3. The molecule has 1 aliphatic heterocycles. The summed E-state index contributed by atoms with van der Waals surface area (Å²) in [5, 5.41) is 2.61. The van der Waals surface area contributed by atoms with E-state index >= 15 is 0 Å². The summed E-state index contributed by atoms with van der Waals surface area (Å²) < 4.78 is 42.1. The van der Waals surface area contributed by atoms with E-state index in [0.29, 0.717) is 15.7 Å². The summed E-state index contributed by atoms with van der Waals surface area (Å²) in [5.74, 6) is -2.40. The van der Waals surface area contributed by atoms with E-state index in [4.69, 9.17) is 0 Å². The van der Waals surface area contributed by atoms with Crippen molar-refractivity contribution in [1.29, 1.82) is 0 Å². The van der Waals surface area contributed by atoms with Crippen LogP contribution in [0.4, 0.5) is 23.7 Å². The third kappa shape index (κ3) is 4.52. The smallest absolute Gasteiger partial charge is 0.325 e. The fraction of sp³-hybridized carbons (Fsp3) is 0.200. The Balaban J connectivity index is 1.64. The molecule has 34 heavy (non-hydrogen) atoms. The molecule has 1 N–H and O–H groups in total. The lowest BCUT2D eigenvalue weighted by molar-refractivity contribution is 0.0950. The van der Waals surface area contributed by atoms with Crippen LogP contribution in [0.5, 0.6) is 0 Å². The summed E-state index contributed by atoms with van der Waals surface area (Å²) in [5.41, 5.74) is 2.00. The number of rotatable bonds is 5. The zero-order valence-electron chi connectivity index (χ0n) is 18.4. The van der Waals surface area contributed by atoms with Gasteiger partial charge in [0.2, 0.25) is 0 Å². The SMILES string of the molecule is CC1c2ccc(C(=O)NCc3ccc(F)cc3F)cc2N(Cc2c(F)cccc2Br)C(=O)N1C. The predicted molar refractivity (Wildman–Crippen MR) is 126 cm³/mol. The number of fused-ring (bicyclic) bond motifs is 1. The fourth-order valence-corrected chi connectivity index (χ4v) is 4.34. The number of nitrogens with zero attached hydrogens (tertiary/aromatic N) is 2. The largest absolute Gasteiger partial charge is 0.348 e. The van der Waals surface area contributed by atoms with Crippen LogP contribution in [0.3, 0.4) is 0 Å². The molecule has 0 spiro atoms. The lowest BCUT2D eigenvalue weighted by Crippen LogP contribution is -2.46. The van der Waals surface area contributed by atoms with Crippen molar-refractivity contribution in [3.05, 3.63) is 98.8 Å². The van der Waals surface area contributed by atoms with Gasteiger partial charge < -0.3 is 10.2 Å². The number of hydrogen-bond donors (Lipinski definition) is 1. The Morgan fingerprint density at radius 2 is 1.82 bits per heavy atom. The van der Waals surface area contributed by atoms with Crippen LogP contribution in [-0.2, 0) is 13.1 Å². The van der Waals surface area contributed by atoms with Crippen LogP contribution in [0.15, 0.2) is 59.1 Å². The van der Waals surface area contributed by atoms with Gasteiger partial charge in [-0.05, 0) is 42.8 Å². The lowest BCUT2D eigenvalue weighted by atomic mass is 9.98. The summed E-state index contributed by atoms with van der Waals surface area (Å²) in [6.07, 6.45) is 0. The van der Waals surface area contributed by atoms with Crippen molar-refractivity contribution in [3.8, 4) is 0 Å². The highest BCUT2D eigenvalue weighted by molar-refractivity contribution is 9.10. The van der Waals surface area contributed by atoms with E-state index in [2.05, 4.69) is 21.2 Å². The first-order chi connectivity index (χ1) is 16.2. The van der Waals surface area contributed by atoms with Gasteiger partial charge in [-0.3, -0.25) is 9.69 Å². The first-order valence-electron chi connectivity index (χ1n) is 10.5. The molecule has 0 aromatic heterocycles. The summed E-state index contributed by atoms with van der Waals surface area (Å²) in [4.78, 5) is 28.9. The van der Waals surface area contributed by atoms with Crippen molar-refractivity contribution in [1.82, 2.24) is 10.2 Å². The first-order valence-corrected chi connectivity index (χ1v) is 11.3. The van der Waals surface area contributed by atoms with Crippen LogP contribution in [0.2, 0.25) is 0 Å². The van der Waals surface area contributed by atoms with E-state index in [-0.39, 0.29) is 36.3 Å². The molecule has 0 radical (unpaired) electrons. The van der Waals surface area contributed by atoms with Crippen LogP contribution in [0.1, 0.15) is 40.0 Å². The van der Waals surface area contributed by atoms with Gasteiger partial charge in [-0.15, -0.1) is 0 Å². The van der Waals surface area contributed by atoms with Crippen LogP contribution in [-0.4, -0.2) is 23.9 Å². The molecule has 5 nitrogen and oxygen atoms in total. The minimum atomic E-state index is -0.755. The molecular weight excluding hydrogens is 511 g/mol. The molecule has 4 rings (SSSR count). The number of benzene rings is 3. The number of carbonyl (C=O) groups excluding carboxylic acids is 2. The van der Waals surface area contributed by atoms with E-state index in [0.717, 1.165) is 17.7 Å². The van der Waals surface area contributed by atoms with Gasteiger partial charge in [-0.1, -0.05) is 34.1 Å².